The number of nitrogens with zero attached hydrogens (tertiary/aromatic N) is 2. The summed E-state index contributed by atoms with van der Waals surface area (Å²) >= 11 is 5.19. The minimum absolute atomic E-state index is 0.0995. The van der Waals surface area contributed by atoms with Gasteiger partial charge in [-0.15, -0.1) is 11.6 Å². The van der Waals surface area contributed by atoms with Gasteiger partial charge in [0.25, 0.3) is 0 Å². The van der Waals surface area contributed by atoms with E-state index >= 15 is 0 Å². The zero-order chi connectivity index (χ0) is 8.32. The van der Waals surface area contributed by atoms with Crippen molar-refractivity contribution in [1.82, 2.24) is 10.2 Å². The number of alkyl halides is 1. The Labute approximate surface area is 69.1 Å². The zero-order valence-corrected chi connectivity index (χ0v) is 7.01. The highest BCUT2D eigenvalue weighted by Crippen LogP contribution is 2.08. The molecule has 1 aromatic heterocycles. The molecule has 0 aliphatic heterocycles. The van der Waals surface area contributed by atoms with Crippen LogP contribution in [-0.2, 0) is 9.84 Å². The van der Waals surface area contributed by atoms with Gasteiger partial charge in [-0.1, -0.05) is 0 Å². The van der Waals surface area contributed by atoms with Crippen LogP contribution in [0, 0.1) is 0 Å². The minimum Gasteiger partial charge on any atom is -0.222 e. The summed E-state index contributed by atoms with van der Waals surface area (Å²) in [4.78, 5) is 0.0995. The van der Waals surface area contributed by atoms with E-state index in [-0.39, 0.29) is 4.90 Å². The molecule has 0 saturated carbocycles. The fourth-order valence-electron chi connectivity index (χ4n) is 0.526. The molecule has 0 spiro atoms. The second kappa shape index (κ2) is 3.15. The lowest BCUT2D eigenvalue weighted by Gasteiger charge is -1.95. The highest BCUT2D eigenvalue weighted by atomic mass is 35.5. The molecule has 0 fully saturated rings. The third-order valence-electron chi connectivity index (χ3n) is 1.06. The fraction of sp³-hybridized carbons (Fsp3) is 0.200. The van der Waals surface area contributed by atoms with E-state index in [9.17, 15) is 8.42 Å². The van der Waals surface area contributed by atoms with Gasteiger partial charge in [0.2, 0.25) is 0 Å². The molecule has 0 N–H and O–H groups in total. The van der Waals surface area contributed by atoms with Crippen molar-refractivity contribution in [3.63, 3.8) is 0 Å². The lowest BCUT2D eigenvalue weighted by Crippen LogP contribution is -2.02. The van der Waals surface area contributed by atoms with E-state index in [4.69, 9.17) is 11.6 Å². The lowest BCUT2D eigenvalue weighted by molar-refractivity contribution is 0.599. The van der Waals surface area contributed by atoms with Crippen LogP contribution >= 0.6 is 11.6 Å². The average molecular weight is 193 g/mol. The molecular formula is C5H5ClN2O2S. The molecule has 0 aromatic carbocycles. The van der Waals surface area contributed by atoms with Crippen molar-refractivity contribution in [3.05, 3.63) is 18.5 Å². The molecule has 4 nitrogen and oxygen atoms in total. The van der Waals surface area contributed by atoms with Gasteiger partial charge in [0, 0.05) is 0 Å². The van der Waals surface area contributed by atoms with Crippen molar-refractivity contribution < 1.29 is 8.42 Å². The largest absolute Gasteiger partial charge is 0.222 e. The summed E-state index contributed by atoms with van der Waals surface area (Å²) in [6.07, 6.45) is 2.47. The number of halogens is 1. The SMILES string of the molecule is O=S(=O)(CCl)c1ccnnc1. The summed E-state index contributed by atoms with van der Waals surface area (Å²) in [5.41, 5.74) is 0. The molecule has 0 atom stereocenters. The molecular weight excluding hydrogens is 188 g/mol. The van der Waals surface area contributed by atoms with Gasteiger partial charge in [0.05, 0.1) is 17.3 Å². The number of aromatic nitrogens is 2. The molecule has 0 radical (unpaired) electrons. The van der Waals surface area contributed by atoms with Crippen molar-refractivity contribution in [3.8, 4) is 0 Å². The van der Waals surface area contributed by atoms with E-state index in [2.05, 4.69) is 10.2 Å². The Morgan fingerprint density at radius 2 is 2.18 bits per heavy atom. The Hall–Kier alpha value is -0.680. The average Bonchev–Trinajstić information content (AvgIpc) is 2.06. The summed E-state index contributed by atoms with van der Waals surface area (Å²) in [6, 6.07) is 1.35. The molecule has 1 rings (SSSR count). The molecule has 0 amide bonds. The Balaban J connectivity index is 3.14. The van der Waals surface area contributed by atoms with Crippen molar-refractivity contribution in [2.45, 2.75) is 4.90 Å². The van der Waals surface area contributed by atoms with Gasteiger partial charge in [0.15, 0.2) is 9.84 Å². The smallest absolute Gasteiger partial charge is 0.193 e. The maximum absolute atomic E-state index is 11.0. The molecule has 0 aliphatic rings. The molecule has 6 heteroatoms. The van der Waals surface area contributed by atoms with Crippen LogP contribution in [0.15, 0.2) is 23.4 Å². The highest BCUT2D eigenvalue weighted by Gasteiger charge is 2.11. The second-order valence-corrected chi connectivity index (χ2v) is 4.38. The van der Waals surface area contributed by atoms with Crippen LogP contribution < -0.4 is 0 Å². The van der Waals surface area contributed by atoms with Gasteiger partial charge in [-0.25, -0.2) is 8.42 Å². The molecule has 0 bridgehead atoms. The molecule has 0 saturated heterocycles. The third-order valence-corrected chi connectivity index (χ3v) is 3.17. The van der Waals surface area contributed by atoms with E-state index in [0.29, 0.717) is 0 Å². The lowest BCUT2D eigenvalue weighted by atomic mass is 10.6. The molecule has 0 unspecified atom stereocenters. The fourth-order valence-corrected chi connectivity index (χ4v) is 1.51. The highest BCUT2D eigenvalue weighted by molar-refractivity contribution is 7.92. The van der Waals surface area contributed by atoms with Gasteiger partial charge in [-0.05, 0) is 6.07 Å². The Kier molecular flexibility index (Phi) is 2.41. The first-order chi connectivity index (χ1) is 5.17. The molecule has 1 aromatic rings. The normalized spacial score (nSPS) is 11.4. The van der Waals surface area contributed by atoms with Crippen LogP contribution in [0.4, 0.5) is 0 Å². The van der Waals surface area contributed by atoms with Crippen LogP contribution in [0.25, 0.3) is 0 Å². The minimum atomic E-state index is -3.34. The maximum atomic E-state index is 11.0. The number of sulfone groups is 1. The van der Waals surface area contributed by atoms with E-state index < -0.39 is 15.0 Å². The summed E-state index contributed by atoms with van der Waals surface area (Å²) in [5, 5.41) is 6.41. The quantitative estimate of drug-likeness (QED) is 0.639. The summed E-state index contributed by atoms with van der Waals surface area (Å²) in [5.74, 6) is 0. The van der Waals surface area contributed by atoms with Gasteiger partial charge in [0.1, 0.15) is 5.21 Å². The van der Waals surface area contributed by atoms with Crippen LogP contribution in [0.1, 0.15) is 0 Å². The standard InChI is InChI=1S/C5H5ClN2O2S/c6-4-11(9,10)5-1-2-7-8-3-5/h1-3H,4H2. The first-order valence-corrected chi connectivity index (χ1v) is 4.91. The van der Waals surface area contributed by atoms with Crippen molar-refractivity contribution in [1.29, 1.82) is 0 Å². The van der Waals surface area contributed by atoms with Crippen LogP contribution in [-0.4, -0.2) is 23.8 Å². The summed E-state index contributed by atoms with van der Waals surface area (Å²) in [7, 11) is -3.34. The Morgan fingerprint density at radius 1 is 1.45 bits per heavy atom. The van der Waals surface area contributed by atoms with Crippen LogP contribution in [0.2, 0.25) is 0 Å². The molecule has 1 heterocycles. The number of hydrogen-bond acceptors (Lipinski definition) is 4. The summed E-state index contributed by atoms with van der Waals surface area (Å²) in [6.45, 7) is 0. The van der Waals surface area contributed by atoms with Gasteiger partial charge < -0.3 is 0 Å². The second-order valence-electron chi connectivity index (χ2n) is 1.80. The predicted molar refractivity (Wildman–Crippen MR) is 39.9 cm³/mol. The topological polar surface area (TPSA) is 59.9 Å². The maximum Gasteiger partial charge on any atom is 0.193 e. The van der Waals surface area contributed by atoms with Crippen molar-refractivity contribution in [2.75, 3.05) is 5.21 Å². The van der Waals surface area contributed by atoms with Crippen molar-refractivity contribution >= 4 is 21.4 Å². The van der Waals surface area contributed by atoms with Crippen LogP contribution in [0.3, 0.4) is 0 Å². The Bertz CT molecular complexity index is 324. The number of rotatable bonds is 2. The van der Waals surface area contributed by atoms with Crippen molar-refractivity contribution in [2.24, 2.45) is 0 Å². The first-order valence-electron chi connectivity index (χ1n) is 2.72. The van der Waals surface area contributed by atoms with E-state index in [1.807, 2.05) is 0 Å². The molecule has 0 aliphatic carbocycles. The van der Waals surface area contributed by atoms with Gasteiger partial charge in [-0.3, -0.25) is 0 Å². The molecule has 60 valence electrons. The summed E-state index contributed by atoms with van der Waals surface area (Å²) < 4.78 is 22.0. The zero-order valence-electron chi connectivity index (χ0n) is 5.44. The predicted octanol–water partition coefficient (Wildman–Crippen LogP) is 0.447. The van der Waals surface area contributed by atoms with Crippen LogP contribution in [0.5, 0.6) is 0 Å². The van der Waals surface area contributed by atoms with E-state index in [1.54, 1.807) is 0 Å². The monoisotopic (exact) mass is 192 g/mol. The first kappa shape index (κ1) is 8.42. The Morgan fingerprint density at radius 3 is 2.64 bits per heavy atom. The van der Waals surface area contributed by atoms with E-state index in [0.717, 1.165) is 6.20 Å². The van der Waals surface area contributed by atoms with Gasteiger partial charge >= 0.3 is 0 Å². The molecule has 11 heavy (non-hydrogen) atoms. The third kappa shape index (κ3) is 1.87. The van der Waals surface area contributed by atoms with Gasteiger partial charge in [-0.2, -0.15) is 10.2 Å². The number of hydrogen-bond donors (Lipinski definition) is 0. The van der Waals surface area contributed by atoms with E-state index in [1.165, 1.54) is 12.3 Å².